The second-order valence-corrected chi connectivity index (χ2v) is 4.95. The van der Waals surface area contributed by atoms with Crippen molar-refractivity contribution in [3.63, 3.8) is 0 Å². The summed E-state index contributed by atoms with van der Waals surface area (Å²) in [7, 11) is 0. The van der Waals surface area contributed by atoms with Crippen LogP contribution in [0.4, 0.5) is 0 Å². The molecule has 0 fully saturated rings. The van der Waals surface area contributed by atoms with Crippen LogP contribution in [-0.4, -0.2) is 39.5 Å². The summed E-state index contributed by atoms with van der Waals surface area (Å²) in [4.78, 5) is 25.5. The van der Waals surface area contributed by atoms with E-state index in [4.69, 9.17) is 0 Å². The van der Waals surface area contributed by atoms with Crippen LogP contribution in [0.2, 0.25) is 0 Å². The molecule has 1 aromatic heterocycles. The molecule has 2 rings (SSSR count). The summed E-state index contributed by atoms with van der Waals surface area (Å²) in [6.07, 6.45) is 1.78. The Labute approximate surface area is 123 Å². The minimum atomic E-state index is -0.957. The molecule has 0 aliphatic rings. The molecule has 112 valence electrons. The summed E-state index contributed by atoms with van der Waals surface area (Å²) in [5.74, 6) is -0.917. The lowest BCUT2D eigenvalue weighted by Crippen LogP contribution is -2.35. The largest absolute Gasteiger partial charge is 0.478 e. The summed E-state index contributed by atoms with van der Waals surface area (Å²) in [6, 6.07) is 6.52. The number of nitrogens with zero attached hydrogens (tertiary/aromatic N) is 2. The highest BCUT2D eigenvalue weighted by molar-refractivity contribution is 6.03. The number of carbonyl (C=O) groups excluding carboxylic acids is 1. The maximum Gasteiger partial charge on any atom is 0.336 e. The molecule has 5 heteroatoms. The Balaban J connectivity index is 2.46. The van der Waals surface area contributed by atoms with Crippen molar-refractivity contribution in [1.29, 1.82) is 0 Å². The van der Waals surface area contributed by atoms with Crippen molar-refractivity contribution < 1.29 is 14.7 Å². The molecule has 0 unspecified atom stereocenters. The number of benzene rings is 1. The SMILES string of the molecule is CCN(CC)C(=O)[C@H](C)n1ccc2c(C(=O)O)cccc21. The highest BCUT2D eigenvalue weighted by Crippen LogP contribution is 2.24. The second-order valence-electron chi connectivity index (χ2n) is 4.95. The standard InChI is InChI=1S/C16H20N2O3/c1-4-17(5-2)15(19)11(3)18-10-9-12-13(16(20)21)7-6-8-14(12)18/h6-11H,4-5H2,1-3H3,(H,20,21)/t11-/m0/s1. The zero-order chi connectivity index (χ0) is 15.6. The van der Waals surface area contributed by atoms with Gasteiger partial charge in [0, 0.05) is 30.2 Å². The minimum Gasteiger partial charge on any atom is -0.478 e. The first kappa shape index (κ1) is 15.1. The molecule has 1 atom stereocenters. The first-order valence-corrected chi connectivity index (χ1v) is 7.12. The van der Waals surface area contributed by atoms with Gasteiger partial charge in [0.1, 0.15) is 6.04 Å². The Morgan fingerprint density at radius 2 is 1.90 bits per heavy atom. The molecule has 5 nitrogen and oxygen atoms in total. The first-order chi connectivity index (χ1) is 10.0. The predicted octanol–water partition coefficient (Wildman–Crippen LogP) is 2.77. The number of aromatic carboxylic acids is 1. The molecule has 0 bridgehead atoms. The molecule has 0 aliphatic carbocycles. The topological polar surface area (TPSA) is 62.5 Å². The molecule has 1 N–H and O–H groups in total. The van der Waals surface area contributed by atoms with E-state index in [0.29, 0.717) is 18.5 Å². The molecule has 0 aliphatic heterocycles. The van der Waals surface area contributed by atoms with E-state index in [9.17, 15) is 14.7 Å². The highest BCUT2D eigenvalue weighted by Gasteiger charge is 2.21. The molecule has 21 heavy (non-hydrogen) atoms. The summed E-state index contributed by atoms with van der Waals surface area (Å²) in [5, 5.41) is 9.88. The Morgan fingerprint density at radius 3 is 2.48 bits per heavy atom. The number of amides is 1. The van der Waals surface area contributed by atoms with E-state index in [1.54, 1.807) is 29.3 Å². The number of carbonyl (C=O) groups is 2. The van der Waals surface area contributed by atoms with Crippen LogP contribution in [0.5, 0.6) is 0 Å². The van der Waals surface area contributed by atoms with E-state index < -0.39 is 5.97 Å². The van der Waals surface area contributed by atoms with Crippen molar-refractivity contribution >= 4 is 22.8 Å². The lowest BCUT2D eigenvalue weighted by molar-refractivity contribution is -0.133. The van der Waals surface area contributed by atoms with Crippen LogP contribution in [0, 0.1) is 0 Å². The first-order valence-electron chi connectivity index (χ1n) is 7.12. The van der Waals surface area contributed by atoms with Crippen molar-refractivity contribution in [1.82, 2.24) is 9.47 Å². The normalized spacial score (nSPS) is 12.3. The fourth-order valence-corrected chi connectivity index (χ4v) is 2.63. The quantitative estimate of drug-likeness (QED) is 0.920. The van der Waals surface area contributed by atoms with Gasteiger partial charge < -0.3 is 14.6 Å². The van der Waals surface area contributed by atoms with Gasteiger partial charge in [0.25, 0.3) is 0 Å². The van der Waals surface area contributed by atoms with Crippen LogP contribution in [0.15, 0.2) is 30.5 Å². The minimum absolute atomic E-state index is 0.0400. The number of rotatable bonds is 5. The Kier molecular flexibility index (Phi) is 4.31. The van der Waals surface area contributed by atoms with Crippen molar-refractivity contribution in [2.75, 3.05) is 13.1 Å². The number of aromatic nitrogens is 1. The molecule has 0 radical (unpaired) electrons. The number of hydrogen-bond donors (Lipinski definition) is 1. The Bertz CT molecular complexity index is 671. The van der Waals surface area contributed by atoms with E-state index in [1.807, 2.05) is 31.4 Å². The summed E-state index contributed by atoms with van der Waals surface area (Å²) >= 11 is 0. The average molecular weight is 288 g/mol. The van der Waals surface area contributed by atoms with E-state index in [-0.39, 0.29) is 17.5 Å². The van der Waals surface area contributed by atoms with Gasteiger partial charge in [-0.1, -0.05) is 6.07 Å². The molecular weight excluding hydrogens is 268 g/mol. The predicted molar refractivity (Wildman–Crippen MR) is 81.5 cm³/mol. The van der Waals surface area contributed by atoms with E-state index in [1.165, 1.54) is 0 Å². The van der Waals surface area contributed by atoms with Crippen molar-refractivity contribution in [2.24, 2.45) is 0 Å². The van der Waals surface area contributed by atoms with Crippen molar-refractivity contribution in [3.05, 3.63) is 36.0 Å². The van der Waals surface area contributed by atoms with E-state index in [0.717, 1.165) is 5.52 Å². The van der Waals surface area contributed by atoms with Crippen molar-refractivity contribution in [3.8, 4) is 0 Å². The fraction of sp³-hybridized carbons (Fsp3) is 0.375. The smallest absolute Gasteiger partial charge is 0.336 e. The third-order valence-electron chi connectivity index (χ3n) is 3.84. The summed E-state index contributed by atoms with van der Waals surface area (Å²) < 4.78 is 1.84. The van der Waals surface area contributed by atoms with Crippen LogP contribution < -0.4 is 0 Å². The molecule has 1 aromatic carbocycles. The maximum absolute atomic E-state index is 12.5. The van der Waals surface area contributed by atoms with Crippen molar-refractivity contribution in [2.45, 2.75) is 26.8 Å². The van der Waals surface area contributed by atoms with Gasteiger partial charge in [0.2, 0.25) is 5.91 Å². The molecular formula is C16H20N2O3. The number of fused-ring (bicyclic) bond motifs is 1. The van der Waals surface area contributed by atoms with Crippen LogP contribution in [0.1, 0.15) is 37.2 Å². The van der Waals surface area contributed by atoms with Crippen LogP contribution in [-0.2, 0) is 4.79 Å². The van der Waals surface area contributed by atoms with Gasteiger partial charge in [-0.3, -0.25) is 4.79 Å². The van der Waals surface area contributed by atoms with Gasteiger partial charge >= 0.3 is 5.97 Å². The molecule has 1 heterocycles. The fourth-order valence-electron chi connectivity index (χ4n) is 2.63. The van der Waals surface area contributed by atoms with Gasteiger partial charge in [0.15, 0.2) is 0 Å². The van der Waals surface area contributed by atoms with E-state index >= 15 is 0 Å². The lowest BCUT2D eigenvalue weighted by atomic mass is 10.1. The third-order valence-corrected chi connectivity index (χ3v) is 3.84. The van der Waals surface area contributed by atoms with E-state index in [2.05, 4.69) is 0 Å². The number of carboxylic acid groups (broad SMARTS) is 1. The molecule has 2 aromatic rings. The maximum atomic E-state index is 12.5. The number of hydrogen-bond acceptors (Lipinski definition) is 2. The summed E-state index contributed by atoms with van der Waals surface area (Å²) in [6.45, 7) is 7.07. The highest BCUT2D eigenvalue weighted by atomic mass is 16.4. The lowest BCUT2D eigenvalue weighted by Gasteiger charge is -2.24. The molecule has 1 amide bonds. The van der Waals surface area contributed by atoms with Crippen LogP contribution in [0.3, 0.4) is 0 Å². The van der Waals surface area contributed by atoms with Gasteiger partial charge in [-0.25, -0.2) is 4.79 Å². The zero-order valence-electron chi connectivity index (χ0n) is 12.5. The monoisotopic (exact) mass is 288 g/mol. The second kappa shape index (κ2) is 5.99. The molecule has 0 saturated heterocycles. The number of carboxylic acids is 1. The Morgan fingerprint density at radius 1 is 1.24 bits per heavy atom. The van der Waals surface area contributed by atoms with Crippen LogP contribution in [0.25, 0.3) is 10.9 Å². The zero-order valence-corrected chi connectivity index (χ0v) is 12.5. The van der Waals surface area contributed by atoms with Gasteiger partial charge in [0.05, 0.1) is 5.56 Å². The van der Waals surface area contributed by atoms with Crippen LogP contribution >= 0.6 is 0 Å². The van der Waals surface area contributed by atoms with Gasteiger partial charge in [-0.15, -0.1) is 0 Å². The molecule has 0 saturated carbocycles. The number of likely N-dealkylation sites (N-methyl/N-ethyl adjacent to an activating group) is 1. The Hall–Kier alpha value is -2.30. The molecule has 0 spiro atoms. The summed E-state index contributed by atoms with van der Waals surface area (Å²) in [5.41, 5.74) is 1.02. The third kappa shape index (κ3) is 2.63. The van der Waals surface area contributed by atoms with Gasteiger partial charge in [-0.05, 0) is 39.0 Å². The average Bonchev–Trinajstić information content (AvgIpc) is 2.91. The van der Waals surface area contributed by atoms with Gasteiger partial charge in [-0.2, -0.15) is 0 Å².